The van der Waals surface area contributed by atoms with Crippen molar-refractivity contribution in [2.45, 2.75) is 20.8 Å². The van der Waals surface area contributed by atoms with Gasteiger partial charge in [-0.15, -0.1) is 0 Å². The second kappa shape index (κ2) is 2.86. The number of hydrogen-bond acceptors (Lipinski definition) is 2. The highest BCUT2D eigenvalue weighted by Crippen LogP contribution is 2.14. The van der Waals surface area contributed by atoms with Gasteiger partial charge in [0.05, 0.1) is 0 Å². The molecule has 0 saturated heterocycles. The lowest BCUT2D eigenvalue weighted by atomic mass is 10.1. The zero-order valence-corrected chi connectivity index (χ0v) is 6.68. The third kappa shape index (κ3) is 1.59. The van der Waals surface area contributed by atoms with E-state index in [9.17, 15) is 0 Å². The Morgan fingerprint density at radius 1 is 1.50 bits per heavy atom. The van der Waals surface area contributed by atoms with Gasteiger partial charge in [-0.1, -0.05) is 13.8 Å². The first-order valence-corrected chi connectivity index (χ1v) is 3.55. The summed E-state index contributed by atoms with van der Waals surface area (Å²) in [6.45, 7) is 6.28. The highest BCUT2D eigenvalue weighted by molar-refractivity contribution is 5.74. The number of aliphatic imine (C=N–C) groups is 1. The lowest BCUT2D eigenvalue weighted by Gasteiger charge is -2.20. The second-order valence-corrected chi connectivity index (χ2v) is 2.79. The Morgan fingerprint density at radius 3 is 2.60 bits per heavy atom. The van der Waals surface area contributed by atoms with E-state index in [1.165, 1.54) is 5.70 Å². The van der Waals surface area contributed by atoms with Crippen LogP contribution in [0.3, 0.4) is 0 Å². The number of rotatable bonds is 1. The van der Waals surface area contributed by atoms with Gasteiger partial charge in [-0.05, 0) is 13.0 Å². The molecule has 0 aromatic carbocycles. The predicted molar refractivity (Wildman–Crippen MR) is 43.5 cm³/mol. The summed E-state index contributed by atoms with van der Waals surface area (Å²) >= 11 is 0. The van der Waals surface area contributed by atoms with Gasteiger partial charge in [0, 0.05) is 17.8 Å². The molecule has 0 fully saturated rings. The van der Waals surface area contributed by atoms with Crippen LogP contribution in [0.25, 0.3) is 0 Å². The van der Waals surface area contributed by atoms with Gasteiger partial charge in [0.15, 0.2) is 6.17 Å². The van der Waals surface area contributed by atoms with Crippen LogP contribution >= 0.6 is 0 Å². The molecule has 0 unspecified atom stereocenters. The van der Waals surface area contributed by atoms with Gasteiger partial charge in [-0.3, -0.25) is 4.99 Å². The number of allylic oxidation sites excluding steroid dienone is 2. The molecule has 0 aromatic heterocycles. The molecule has 1 rings (SSSR count). The number of nitrogens with zero attached hydrogens (tertiary/aromatic N) is 1. The summed E-state index contributed by atoms with van der Waals surface area (Å²) in [5.74, 6) is 0.486. The normalized spacial score (nSPS) is 19.0. The van der Waals surface area contributed by atoms with Crippen LogP contribution in [0, 0.1) is 12.1 Å². The summed E-state index contributed by atoms with van der Waals surface area (Å²) < 4.78 is 0. The van der Waals surface area contributed by atoms with E-state index in [4.69, 9.17) is 0 Å². The molecular formula is C8H13N2. The average molecular weight is 137 g/mol. The Hall–Kier alpha value is -0.790. The molecule has 0 amide bonds. The van der Waals surface area contributed by atoms with Gasteiger partial charge in [0.25, 0.3) is 0 Å². The Labute approximate surface area is 62.0 Å². The van der Waals surface area contributed by atoms with E-state index in [0.29, 0.717) is 5.92 Å². The third-order valence-electron chi connectivity index (χ3n) is 1.41. The lowest BCUT2D eigenvalue weighted by molar-refractivity contribution is 0.572. The maximum atomic E-state index is 4.18. The van der Waals surface area contributed by atoms with Crippen molar-refractivity contribution in [3.8, 4) is 0 Å². The molecule has 1 radical (unpaired) electrons. The maximum absolute atomic E-state index is 4.18. The molecule has 0 spiro atoms. The van der Waals surface area contributed by atoms with E-state index >= 15 is 0 Å². The summed E-state index contributed by atoms with van der Waals surface area (Å²) in [4.78, 5) is 4.18. The van der Waals surface area contributed by atoms with E-state index < -0.39 is 0 Å². The number of nitrogens with one attached hydrogen (secondary N) is 1. The Bertz CT molecular complexity index is 168. The van der Waals surface area contributed by atoms with Crippen molar-refractivity contribution in [3.63, 3.8) is 0 Å². The van der Waals surface area contributed by atoms with Crippen LogP contribution in [-0.4, -0.2) is 6.21 Å². The fraction of sp³-hybridized carbons (Fsp3) is 0.500. The van der Waals surface area contributed by atoms with Crippen molar-refractivity contribution in [1.29, 1.82) is 0 Å². The molecule has 2 heteroatoms. The van der Waals surface area contributed by atoms with Gasteiger partial charge < -0.3 is 5.32 Å². The molecule has 55 valence electrons. The highest BCUT2D eigenvalue weighted by atomic mass is 15.1. The minimum Gasteiger partial charge on any atom is -0.361 e. The standard InChI is InChI=1S/C8H13N2/c1-6(2)8-9-5-4-7(3)10-8/h4-6,10H,1-3H3. The van der Waals surface area contributed by atoms with Crippen LogP contribution < -0.4 is 5.32 Å². The Morgan fingerprint density at radius 2 is 2.20 bits per heavy atom. The fourth-order valence-electron chi connectivity index (χ4n) is 0.799. The van der Waals surface area contributed by atoms with Gasteiger partial charge in [0.2, 0.25) is 0 Å². The molecule has 1 aliphatic heterocycles. The van der Waals surface area contributed by atoms with Gasteiger partial charge in [0.1, 0.15) is 0 Å². The third-order valence-corrected chi connectivity index (χ3v) is 1.41. The van der Waals surface area contributed by atoms with Crippen LogP contribution in [0.1, 0.15) is 20.8 Å². The molecule has 2 nitrogen and oxygen atoms in total. The first-order chi connectivity index (χ1) is 4.70. The molecule has 0 atom stereocenters. The monoisotopic (exact) mass is 137 g/mol. The summed E-state index contributed by atoms with van der Waals surface area (Å²) in [6, 6.07) is 0. The van der Waals surface area contributed by atoms with Crippen molar-refractivity contribution >= 4 is 6.21 Å². The van der Waals surface area contributed by atoms with Crippen molar-refractivity contribution < 1.29 is 0 Å². The molecular weight excluding hydrogens is 124 g/mol. The molecule has 1 heterocycles. The SMILES string of the molecule is CC1=CC=N[C](C(C)C)N1. The van der Waals surface area contributed by atoms with Crippen LogP contribution in [0.15, 0.2) is 16.8 Å². The largest absolute Gasteiger partial charge is 0.361 e. The van der Waals surface area contributed by atoms with Crippen molar-refractivity contribution in [2.75, 3.05) is 0 Å². The summed E-state index contributed by atoms with van der Waals surface area (Å²) in [7, 11) is 0. The minimum atomic E-state index is 0.486. The quantitative estimate of drug-likeness (QED) is 0.584. The molecule has 1 N–H and O–H groups in total. The smallest absolute Gasteiger partial charge is 0.175 e. The topological polar surface area (TPSA) is 24.4 Å². The van der Waals surface area contributed by atoms with E-state index in [1.807, 2.05) is 19.2 Å². The molecule has 0 aliphatic carbocycles. The molecule has 1 aliphatic rings. The van der Waals surface area contributed by atoms with Crippen molar-refractivity contribution in [3.05, 3.63) is 17.9 Å². The fourth-order valence-corrected chi connectivity index (χ4v) is 0.799. The van der Waals surface area contributed by atoms with Crippen molar-refractivity contribution in [2.24, 2.45) is 10.9 Å². The molecule has 0 saturated carbocycles. The summed E-state index contributed by atoms with van der Waals surface area (Å²) in [5, 5.41) is 3.20. The highest BCUT2D eigenvalue weighted by Gasteiger charge is 2.13. The maximum Gasteiger partial charge on any atom is 0.175 e. The average Bonchev–Trinajstić information content (AvgIpc) is 1.88. The second-order valence-electron chi connectivity index (χ2n) is 2.79. The summed E-state index contributed by atoms with van der Waals surface area (Å²) in [6.07, 6.45) is 4.85. The Balaban J connectivity index is 2.55. The van der Waals surface area contributed by atoms with Crippen LogP contribution in [0.4, 0.5) is 0 Å². The predicted octanol–water partition coefficient (Wildman–Crippen LogP) is 1.71. The van der Waals surface area contributed by atoms with E-state index in [-0.39, 0.29) is 0 Å². The zero-order valence-electron chi connectivity index (χ0n) is 6.68. The zero-order chi connectivity index (χ0) is 7.56. The minimum absolute atomic E-state index is 0.486. The van der Waals surface area contributed by atoms with E-state index in [2.05, 4.69) is 24.2 Å². The first kappa shape index (κ1) is 7.32. The van der Waals surface area contributed by atoms with Crippen LogP contribution in [-0.2, 0) is 0 Å². The van der Waals surface area contributed by atoms with E-state index in [0.717, 1.165) is 6.17 Å². The molecule has 0 aromatic rings. The van der Waals surface area contributed by atoms with Gasteiger partial charge >= 0.3 is 0 Å². The number of hydrogen-bond donors (Lipinski definition) is 1. The van der Waals surface area contributed by atoms with Crippen LogP contribution in [0.5, 0.6) is 0 Å². The van der Waals surface area contributed by atoms with Crippen molar-refractivity contribution in [1.82, 2.24) is 5.32 Å². The lowest BCUT2D eigenvalue weighted by Crippen LogP contribution is -2.24. The summed E-state index contributed by atoms with van der Waals surface area (Å²) in [5.41, 5.74) is 1.17. The van der Waals surface area contributed by atoms with Gasteiger partial charge in [-0.2, -0.15) is 0 Å². The first-order valence-electron chi connectivity index (χ1n) is 3.55. The van der Waals surface area contributed by atoms with Crippen LogP contribution in [0.2, 0.25) is 0 Å². The van der Waals surface area contributed by atoms with Gasteiger partial charge in [-0.25, -0.2) is 0 Å². The molecule has 0 bridgehead atoms. The van der Waals surface area contributed by atoms with E-state index in [1.54, 1.807) is 0 Å². The molecule has 10 heavy (non-hydrogen) atoms. The Kier molecular flexibility index (Phi) is 2.10.